The molecular formula is C15H23BrN2O. The fourth-order valence-electron chi connectivity index (χ4n) is 2.58. The normalized spacial score (nSPS) is 17.8. The van der Waals surface area contributed by atoms with Gasteiger partial charge in [-0.3, -0.25) is 4.90 Å². The number of hydrogen-bond donors (Lipinski definition) is 1. The number of halogens is 1. The number of benzene rings is 1. The summed E-state index contributed by atoms with van der Waals surface area (Å²) in [5.41, 5.74) is 2.69. The van der Waals surface area contributed by atoms with E-state index in [0.717, 1.165) is 39.0 Å². The van der Waals surface area contributed by atoms with Gasteiger partial charge in [0, 0.05) is 37.8 Å². The van der Waals surface area contributed by atoms with Gasteiger partial charge in [0.2, 0.25) is 0 Å². The van der Waals surface area contributed by atoms with Crippen molar-refractivity contribution in [2.45, 2.75) is 32.0 Å². The molecule has 19 heavy (non-hydrogen) atoms. The Balaban J connectivity index is 1.92. The highest BCUT2D eigenvalue weighted by molar-refractivity contribution is 9.10. The molecule has 1 N–H and O–H groups in total. The van der Waals surface area contributed by atoms with Gasteiger partial charge >= 0.3 is 0 Å². The van der Waals surface area contributed by atoms with Gasteiger partial charge in [-0.1, -0.05) is 28.1 Å². The average Bonchev–Trinajstić information content (AvgIpc) is 2.43. The van der Waals surface area contributed by atoms with Crippen molar-refractivity contribution in [1.82, 2.24) is 10.2 Å². The van der Waals surface area contributed by atoms with Crippen LogP contribution in [-0.2, 0) is 17.8 Å². The summed E-state index contributed by atoms with van der Waals surface area (Å²) in [6, 6.07) is 6.66. The monoisotopic (exact) mass is 326 g/mol. The summed E-state index contributed by atoms with van der Waals surface area (Å²) in [7, 11) is 3.79. The van der Waals surface area contributed by atoms with Crippen LogP contribution < -0.4 is 5.32 Å². The first-order valence-electron chi connectivity index (χ1n) is 6.90. The maximum Gasteiger partial charge on any atom is 0.0595 e. The van der Waals surface area contributed by atoms with Gasteiger partial charge < -0.3 is 10.1 Å². The van der Waals surface area contributed by atoms with Gasteiger partial charge in [0.05, 0.1) is 6.10 Å². The van der Waals surface area contributed by atoms with E-state index in [-0.39, 0.29) is 0 Å². The molecule has 0 spiro atoms. The smallest absolute Gasteiger partial charge is 0.0595 e. The molecule has 0 aromatic heterocycles. The molecule has 4 heteroatoms. The van der Waals surface area contributed by atoms with Crippen molar-refractivity contribution < 1.29 is 4.74 Å². The lowest BCUT2D eigenvalue weighted by molar-refractivity contribution is 0.0388. The summed E-state index contributed by atoms with van der Waals surface area (Å²) in [5.74, 6) is 0. The molecule has 1 aromatic rings. The molecule has 0 atom stereocenters. The highest BCUT2D eigenvalue weighted by atomic mass is 79.9. The number of likely N-dealkylation sites (tertiary alicyclic amines) is 1. The third-order valence-corrected chi connectivity index (χ3v) is 4.50. The van der Waals surface area contributed by atoms with E-state index in [1.54, 1.807) is 0 Å². The molecule has 0 radical (unpaired) electrons. The topological polar surface area (TPSA) is 24.5 Å². The Bertz CT molecular complexity index is 403. The lowest BCUT2D eigenvalue weighted by Crippen LogP contribution is -2.36. The summed E-state index contributed by atoms with van der Waals surface area (Å²) in [4.78, 5) is 2.51. The Hall–Kier alpha value is -0.420. The zero-order valence-corrected chi connectivity index (χ0v) is 13.4. The minimum atomic E-state index is 0.456. The first kappa shape index (κ1) is 15.0. The maximum atomic E-state index is 5.41. The third kappa shape index (κ3) is 4.28. The number of hydrogen-bond acceptors (Lipinski definition) is 3. The summed E-state index contributed by atoms with van der Waals surface area (Å²) < 4.78 is 6.63. The average molecular weight is 327 g/mol. The number of nitrogens with zero attached hydrogens (tertiary/aromatic N) is 1. The van der Waals surface area contributed by atoms with Crippen LogP contribution in [0.2, 0.25) is 0 Å². The molecule has 0 unspecified atom stereocenters. The predicted molar refractivity (Wildman–Crippen MR) is 82.2 cm³/mol. The molecule has 3 nitrogen and oxygen atoms in total. The van der Waals surface area contributed by atoms with Crippen molar-refractivity contribution >= 4 is 15.9 Å². The number of piperidine rings is 1. The van der Waals surface area contributed by atoms with Crippen molar-refractivity contribution in [3.8, 4) is 0 Å². The molecular weight excluding hydrogens is 304 g/mol. The zero-order chi connectivity index (χ0) is 13.7. The zero-order valence-electron chi connectivity index (χ0n) is 11.8. The first-order valence-corrected chi connectivity index (χ1v) is 7.69. The van der Waals surface area contributed by atoms with Gasteiger partial charge in [-0.15, -0.1) is 0 Å². The minimum absolute atomic E-state index is 0.456. The lowest BCUT2D eigenvalue weighted by atomic mass is 10.1. The fourth-order valence-corrected chi connectivity index (χ4v) is 3.13. The van der Waals surface area contributed by atoms with Crippen LogP contribution in [0.3, 0.4) is 0 Å². The molecule has 0 amide bonds. The molecule has 1 aromatic carbocycles. The van der Waals surface area contributed by atoms with E-state index >= 15 is 0 Å². The Labute approximate surface area is 124 Å². The molecule has 106 valence electrons. The molecule has 2 rings (SSSR count). The molecule has 0 saturated carbocycles. The van der Waals surface area contributed by atoms with Gasteiger partial charge in [-0.2, -0.15) is 0 Å². The van der Waals surface area contributed by atoms with Gasteiger partial charge in [0.1, 0.15) is 0 Å². The van der Waals surface area contributed by atoms with Crippen LogP contribution in [0.15, 0.2) is 22.7 Å². The van der Waals surface area contributed by atoms with Crippen LogP contribution >= 0.6 is 15.9 Å². The standard InChI is InChI=1S/C15H23BrN2O/c1-17-10-12-3-4-13(15(16)9-12)11-18-7-5-14(19-2)6-8-18/h3-4,9,14,17H,5-8,10-11H2,1-2H3. The minimum Gasteiger partial charge on any atom is -0.381 e. The Kier molecular flexibility index (Phi) is 5.82. The number of ether oxygens (including phenoxy) is 1. The second-order valence-electron chi connectivity index (χ2n) is 5.17. The highest BCUT2D eigenvalue weighted by Crippen LogP contribution is 2.22. The van der Waals surface area contributed by atoms with E-state index in [2.05, 4.69) is 44.3 Å². The van der Waals surface area contributed by atoms with Crippen LogP contribution in [-0.4, -0.2) is 38.3 Å². The molecule has 1 fully saturated rings. The van der Waals surface area contributed by atoms with Crippen molar-refractivity contribution in [1.29, 1.82) is 0 Å². The molecule has 1 heterocycles. The molecule has 1 aliphatic heterocycles. The van der Waals surface area contributed by atoms with E-state index < -0.39 is 0 Å². The SMILES string of the molecule is CNCc1ccc(CN2CCC(OC)CC2)c(Br)c1. The third-order valence-electron chi connectivity index (χ3n) is 3.76. The van der Waals surface area contributed by atoms with Crippen molar-refractivity contribution in [3.05, 3.63) is 33.8 Å². The number of rotatable bonds is 5. The predicted octanol–water partition coefficient (Wildman–Crippen LogP) is 2.78. The van der Waals surface area contributed by atoms with Crippen LogP contribution in [0.4, 0.5) is 0 Å². The molecule has 0 aliphatic carbocycles. The van der Waals surface area contributed by atoms with Crippen molar-refractivity contribution in [2.75, 3.05) is 27.2 Å². The van der Waals surface area contributed by atoms with Gasteiger partial charge in [0.15, 0.2) is 0 Å². The van der Waals surface area contributed by atoms with Crippen LogP contribution in [0.25, 0.3) is 0 Å². The van der Waals surface area contributed by atoms with E-state index in [1.165, 1.54) is 15.6 Å². The van der Waals surface area contributed by atoms with Gasteiger partial charge in [-0.25, -0.2) is 0 Å². The Morgan fingerprint density at radius 2 is 2.11 bits per heavy atom. The van der Waals surface area contributed by atoms with Crippen LogP contribution in [0, 0.1) is 0 Å². The van der Waals surface area contributed by atoms with E-state index in [0.29, 0.717) is 6.10 Å². The summed E-state index contributed by atoms with van der Waals surface area (Å²) in [6.45, 7) is 4.20. The van der Waals surface area contributed by atoms with Crippen LogP contribution in [0.1, 0.15) is 24.0 Å². The highest BCUT2D eigenvalue weighted by Gasteiger charge is 2.19. The molecule has 0 bridgehead atoms. The van der Waals surface area contributed by atoms with Gasteiger partial charge in [0.25, 0.3) is 0 Å². The molecule has 1 saturated heterocycles. The lowest BCUT2D eigenvalue weighted by Gasteiger charge is -2.31. The second kappa shape index (κ2) is 7.39. The van der Waals surface area contributed by atoms with E-state index in [1.807, 2.05) is 14.2 Å². The number of nitrogens with one attached hydrogen (secondary N) is 1. The summed E-state index contributed by atoms with van der Waals surface area (Å²) in [5, 5.41) is 3.18. The summed E-state index contributed by atoms with van der Waals surface area (Å²) >= 11 is 3.69. The quantitative estimate of drug-likeness (QED) is 0.900. The Morgan fingerprint density at radius 1 is 1.37 bits per heavy atom. The van der Waals surface area contributed by atoms with Crippen molar-refractivity contribution in [3.63, 3.8) is 0 Å². The maximum absolute atomic E-state index is 5.41. The van der Waals surface area contributed by atoms with Crippen molar-refractivity contribution in [2.24, 2.45) is 0 Å². The first-order chi connectivity index (χ1) is 9.22. The largest absolute Gasteiger partial charge is 0.381 e. The fraction of sp³-hybridized carbons (Fsp3) is 0.600. The number of methoxy groups -OCH3 is 1. The van der Waals surface area contributed by atoms with E-state index in [4.69, 9.17) is 4.74 Å². The van der Waals surface area contributed by atoms with E-state index in [9.17, 15) is 0 Å². The molecule has 1 aliphatic rings. The Morgan fingerprint density at radius 3 is 2.68 bits per heavy atom. The van der Waals surface area contributed by atoms with Crippen LogP contribution in [0.5, 0.6) is 0 Å². The van der Waals surface area contributed by atoms with Gasteiger partial charge in [-0.05, 0) is 37.1 Å². The summed E-state index contributed by atoms with van der Waals surface area (Å²) in [6.07, 6.45) is 2.75. The second-order valence-corrected chi connectivity index (χ2v) is 6.02.